The maximum atomic E-state index is 9.28. The van der Waals surface area contributed by atoms with Crippen LogP contribution in [0.4, 0.5) is 5.69 Å². The quantitative estimate of drug-likeness (QED) is 0.555. The van der Waals surface area contributed by atoms with Gasteiger partial charge in [0.05, 0.1) is 17.3 Å². The first-order valence-electron chi connectivity index (χ1n) is 6.03. The van der Waals surface area contributed by atoms with E-state index in [1.165, 1.54) is 0 Å². The van der Waals surface area contributed by atoms with Gasteiger partial charge in [0, 0.05) is 17.2 Å². The molecule has 1 aliphatic carbocycles. The Balaban J connectivity index is 2.59. The van der Waals surface area contributed by atoms with E-state index in [2.05, 4.69) is 11.5 Å². The zero-order valence-corrected chi connectivity index (χ0v) is 10.7. The van der Waals surface area contributed by atoms with E-state index in [1.807, 2.05) is 43.3 Å². The van der Waals surface area contributed by atoms with Gasteiger partial charge < -0.3 is 11.2 Å². The summed E-state index contributed by atoms with van der Waals surface area (Å²) in [7, 11) is 0. The molecule has 2 rings (SSSR count). The summed E-state index contributed by atoms with van der Waals surface area (Å²) in [4.78, 5) is 0. The van der Waals surface area contributed by atoms with Crippen molar-refractivity contribution in [2.75, 3.05) is 5.43 Å². The first-order chi connectivity index (χ1) is 9.21. The van der Waals surface area contributed by atoms with E-state index in [-0.39, 0.29) is 6.04 Å². The zero-order valence-electron chi connectivity index (χ0n) is 10.7. The van der Waals surface area contributed by atoms with E-state index in [1.54, 1.807) is 6.08 Å². The lowest BCUT2D eigenvalue weighted by Crippen LogP contribution is -2.22. The first-order valence-corrected chi connectivity index (χ1v) is 6.03. The van der Waals surface area contributed by atoms with Crippen LogP contribution in [-0.4, -0.2) is 6.04 Å². The SMILES string of the molecule is C/C=C1/C=C(c2ccccc2NN)C(C#N)=CC1N. The number of hydrogen-bond donors (Lipinski definition) is 3. The number of nitrogens with zero attached hydrogens (tertiary/aromatic N) is 1. The van der Waals surface area contributed by atoms with Crippen LogP contribution in [0.2, 0.25) is 0 Å². The number of nitrogens with one attached hydrogen (secondary N) is 1. The van der Waals surface area contributed by atoms with Crippen molar-refractivity contribution in [3.8, 4) is 6.07 Å². The fourth-order valence-corrected chi connectivity index (χ4v) is 2.15. The minimum Gasteiger partial charge on any atom is -0.324 e. The van der Waals surface area contributed by atoms with Gasteiger partial charge in [-0.05, 0) is 30.7 Å². The molecule has 0 aromatic heterocycles. The van der Waals surface area contributed by atoms with Crippen molar-refractivity contribution in [2.24, 2.45) is 11.6 Å². The number of nitrogens with two attached hydrogens (primary N) is 2. The van der Waals surface area contributed by atoms with Crippen LogP contribution in [-0.2, 0) is 0 Å². The second kappa shape index (κ2) is 5.53. The molecule has 1 unspecified atom stereocenters. The molecule has 1 aliphatic rings. The van der Waals surface area contributed by atoms with Crippen molar-refractivity contribution in [2.45, 2.75) is 13.0 Å². The lowest BCUT2D eigenvalue weighted by atomic mass is 9.87. The summed E-state index contributed by atoms with van der Waals surface area (Å²) in [5.41, 5.74) is 12.7. The van der Waals surface area contributed by atoms with Gasteiger partial charge in [-0.15, -0.1) is 0 Å². The summed E-state index contributed by atoms with van der Waals surface area (Å²) >= 11 is 0. The normalized spacial score (nSPS) is 20.5. The van der Waals surface area contributed by atoms with Gasteiger partial charge in [0.25, 0.3) is 0 Å². The molecule has 0 aliphatic heterocycles. The average molecular weight is 252 g/mol. The van der Waals surface area contributed by atoms with Crippen molar-refractivity contribution in [3.05, 3.63) is 59.2 Å². The molecular weight excluding hydrogens is 236 g/mol. The molecule has 0 saturated carbocycles. The highest BCUT2D eigenvalue weighted by Crippen LogP contribution is 2.33. The smallest absolute Gasteiger partial charge is 0.0995 e. The molecule has 0 radical (unpaired) electrons. The van der Waals surface area contributed by atoms with Gasteiger partial charge >= 0.3 is 0 Å². The number of rotatable bonds is 2. The molecule has 0 spiro atoms. The molecule has 19 heavy (non-hydrogen) atoms. The Kier molecular flexibility index (Phi) is 3.81. The second-order valence-electron chi connectivity index (χ2n) is 4.25. The summed E-state index contributed by atoms with van der Waals surface area (Å²) in [5.74, 6) is 5.52. The molecule has 0 saturated heterocycles. The molecule has 4 heteroatoms. The minimum absolute atomic E-state index is 0.235. The van der Waals surface area contributed by atoms with Gasteiger partial charge in [-0.2, -0.15) is 5.26 Å². The monoisotopic (exact) mass is 252 g/mol. The van der Waals surface area contributed by atoms with Gasteiger partial charge in [-0.25, -0.2) is 0 Å². The first kappa shape index (κ1) is 13.1. The second-order valence-corrected chi connectivity index (χ2v) is 4.25. The highest BCUT2D eigenvalue weighted by Gasteiger charge is 2.19. The highest BCUT2D eigenvalue weighted by molar-refractivity contribution is 5.91. The minimum atomic E-state index is -0.235. The molecule has 1 atom stereocenters. The number of nitrogen functional groups attached to an aromatic ring is 1. The molecular formula is C15H16N4. The van der Waals surface area contributed by atoms with Crippen LogP contribution >= 0.6 is 0 Å². The Labute approximate surface area is 112 Å². The zero-order chi connectivity index (χ0) is 13.8. The lowest BCUT2D eigenvalue weighted by Gasteiger charge is -2.20. The highest BCUT2D eigenvalue weighted by atomic mass is 15.2. The van der Waals surface area contributed by atoms with Crippen LogP contribution in [0.15, 0.2) is 53.6 Å². The van der Waals surface area contributed by atoms with Crippen molar-refractivity contribution < 1.29 is 0 Å². The average Bonchev–Trinajstić information content (AvgIpc) is 2.46. The summed E-state index contributed by atoms with van der Waals surface area (Å²) in [5, 5.41) is 9.28. The van der Waals surface area contributed by atoms with Gasteiger partial charge in [-0.3, -0.25) is 5.84 Å². The van der Waals surface area contributed by atoms with Crippen molar-refractivity contribution in [3.63, 3.8) is 0 Å². The Hall–Kier alpha value is -2.35. The van der Waals surface area contributed by atoms with Gasteiger partial charge in [-0.1, -0.05) is 24.3 Å². The summed E-state index contributed by atoms with van der Waals surface area (Å²) in [6.07, 6.45) is 5.67. The predicted octanol–water partition coefficient (Wildman–Crippen LogP) is 2.09. The van der Waals surface area contributed by atoms with E-state index < -0.39 is 0 Å². The number of allylic oxidation sites excluding steroid dienone is 3. The van der Waals surface area contributed by atoms with Gasteiger partial charge in [0.2, 0.25) is 0 Å². The Morgan fingerprint density at radius 1 is 1.37 bits per heavy atom. The number of anilines is 1. The topological polar surface area (TPSA) is 87.9 Å². The molecule has 96 valence electrons. The van der Waals surface area contributed by atoms with Crippen LogP contribution in [0.5, 0.6) is 0 Å². The summed E-state index contributed by atoms with van der Waals surface area (Å²) in [6, 6.07) is 9.56. The number of hydrazine groups is 1. The lowest BCUT2D eigenvalue weighted by molar-refractivity contribution is 0.963. The molecule has 0 amide bonds. The third kappa shape index (κ3) is 2.43. The van der Waals surface area contributed by atoms with E-state index >= 15 is 0 Å². The van der Waals surface area contributed by atoms with Crippen molar-refractivity contribution in [1.29, 1.82) is 5.26 Å². The molecule has 0 heterocycles. The molecule has 5 N–H and O–H groups in total. The summed E-state index contributed by atoms with van der Waals surface area (Å²) in [6.45, 7) is 1.93. The molecule has 0 fully saturated rings. The van der Waals surface area contributed by atoms with Crippen molar-refractivity contribution in [1.82, 2.24) is 0 Å². The third-order valence-electron chi connectivity index (χ3n) is 3.16. The van der Waals surface area contributed by atoms with Gasteiger partial charge in [0.1, 0.15) is 0 Å². The largest absolute Gasteiger partial charge is 0.324 e. The molecule has 4 nitrogen and oxygen atoms in total. The summed E-state index contributed by atoms with van der Waals surface area (Å²) < 4.78 is 0. The van der Waals surface area contributed by atoms with Crippen LogP contribution in [0.1, 0.15) is 12.5 Å². The van der Waals surface area contributed by atoms with E-state index in [0.717, 1.165) is 22.4 Å². The Morgan fingerprint density at radius 2 is 2.11 bits per heavy atom. The van der Waals surface area contributed by atoms with E-state index in [0.29, 0.717) is 5.57 Å². The van der Waals surface area contributed by atoms with Crippen molar-refractivity contribution >= 4 is 11.3 Å². The molecule has 0 bridgehead atoms. The maximum absolute atomic E-state index is 9.28. The Bertz CT molecular complexity index is 617. The maximum Gasteiger partial charge on any atom is 0.0995 e. The standard InChI is InChI=1S/C15H16N4/c1-2-10-7-13(11(9-16)8-14(10)17)12-5-3-4-6-15(12)19-18/h2-8,14,19H,17-18H2,1H3/b10-2-. The number of nitriles is 1. The van der Waals surface area contributed by atoms with Gasteiger partial charge in [0.15, 0.2) is 0 Å². The predicted molar refractivity (Wildman–Crippen MR) is 77.7 cm³/mol. The third-order valence-corrected chi connectivity index (χ3v) is 3.16. The fraction of sp³-hybridized carbons (Fsp3) is 0.133. The number of benzene rings is 1. The van der Waals surface area contributed by atoms with Crippen LogP contribution in [0.3, 0.4) is 0 Å². The van der Waals surface area contributed by atoms with E-state index in [9.17, 15) is 5.26 Å². The van der Waals surface area contributed by atoms with Crippen LogP contribution in [0.25, 0.3) is 5.57 Å². The fourth-order valence-electron chi connectivity index (χ4n) is 2.15. The number of para-hydroxylation sites is 1. The molecule has 1 aromatic rings. The number of hydrogen-bond acceptors (Lipinski definition) is 4. The van der Waals surface area contributed by atoms with Crippen LogP contribution in [0, 0.1) is 11.3 Å². The van der Waals surface area contributed by atoms with E-state index in [4.69, 9.17) is 11.6 Å². The molecule has 1 aromatic carbocycles. The van der Waals surface area contributed by atoms with Crippen LogP contribution < -0.4 is 17.0 Å². The Morgan fingerprint density at radius 3 is 2.74 bits per heavy atom.